The predicted octanol–water partition coefficient (Wildman–Crippen LogP) is 4.40. The van der Waals surface area contributed by atoms with Crippen molar-refractivity contribution in [2.45, 2.75) is 39.1 Å². The first-order valence-electron chi connectivity index (χ1n) is 9.24. The van der Waals surface area contributed by atoms with Gasteiger partial charge >= 0.3 is 0 Å². The molecule has 8 heteroatoms. The minimum Gasteiger partial charge on any atom is -0.496 e. The molecule has 0 saturated heterocycles. The van der Waals surface area contributed by atoms with Crippen molar-refractivity contribution in [3.63, 3.8) is 0 Å². The van der Waals surface area contributed by atoms with E-state index in [-0.39, 0.29) is 24.0 Å². The minimum absolute atomic E-state index is 0. The van der Waals surface area contributed by atoms with E-state index in [9.17, 15) is 0 Å². The van der Waals surface area contributed by atoms with Gasteiger partial charge in [0.15, 0.2) is 5.96 Å². The van der Waals surface area contributed by atoms with Crippen molar-refractivity contribution in [2.75, 3.05) is 26.0 Å². The van der Waals surface area contributed by atoms with Crippen LogP contribution in [0.25, 0.3) is 0 Å². The molecule has 156 valence electrons. The summed E-state index contributed by atoms with van der Waals surface area (Å²) >= 11 is 1.81. The molecule has 6 nitrogen and oxygen atoms in total. The molecule has 2 rings (SSSR count). The van der Waals surface area contributed by atoms with Gasteiger partial charge in [0.25, 0.3) is 0 Å². The summed E-state index contributed by atoms with van der Waals surface area (Å²) in [6, 6.07) is 8.11. The second-order valence-electron chi connectivity index (χ2n) is 6.39. The number of thioether (sulfide) groups is 1. The van der Waals surface area contributed by atoms with Crippen LogP contribution >= 0.6 is 35.7 Å². The van der Waals surface area contributed by atoms with Gasteiger partial charge in [-0.25, -0.2) is 9.98 Å². The number of aliphatic imine (C=N–C) groups is 1. The molecular formula is C20H31IN4O2S. The molecule has 0 bridgehead atoms. The van der Waals surface area contributed by atoms with Gasteiger partial charge in [-0.2, -0.15) is 0 Å². The van der Waals surface area contributed by atoms with Crippen molar-refractivity contribution < 1.29 is 9.15 Å². The zero-order valence-electron chi connectivity index (χ0n) is 17.2. The molecule has 0 saturated carbocycles. The Bertz CT molecular complexity index is 732. The maximum atomic E-state index is 5.59. The lowest BCUT2D eigenvalue weighted by Crippen LogP contribution is -2.39. The lowest BCUT2D eigenvalue weighted by atomic mass is 10.2. The number of halogens is 1. The van der Waals surface area contributed by atoms with Crippen molar-refractivity contribution in [1.29, 1.82) is 0 Å². The molecule has 1 atom stereocenters. The largest absolute Gasteiger partial charge is 0.496 e. The summed E-state index contributed by atoms with van der Waals surface area (Å²) in [4.78, 5) is 10.1. The van der Waals surface area contributed by atoms with E-state index < -0.39 is 0 Å². The van der Waals surface area contributed by atoms with Crippen molar-refractivity contribution in [3.05, 3.63) is 41.6 Å². The highest BCUT2D eigenvalue weighted by Gasteiger charge is 2.09. The molecule has 0 aliphatic rings. The summed E-state index contributed by atoms with van der Waals surface area (Å²) in [5.41, 5.74) is 0.917. The smallest absolute Gasteiger partial charge is 0.216 e. The molecule has 0 aliphatic heterocycles. The average molecular weight is 518 g/mol. The maximum absolute atomic E-state index is 5.59. The van der Waals surface area contributed by atoms with Crippen LogP contribution in [0.15, 0.2) is 38.6 Å². The Hall–Kier alpha value is -1.42. The SMILES string of the molecule is CCNC(=NCc1nc(C)c(C)o1)NCC(C)CSc1ccccc1OC.I. The third-order valence-electron chi connectivity index (χ3n) is 4.00. The third kappa shape index (κ3) is 7.90. The van der Waals surface area contributed by atoms with Crippen LogP contribution in [-0.2, 0) is 6.54 Å². The third-order valence-corrected chi connectivity index (χ3v) is 5.38. The minimum atomic E-state index is 0. The number of benzene rings is 1. The van der Waals surface area contributed by atoms with E-state index >= 15 is 0 Å². The number of oxazole rings is 1. The highest BCUT2D eigenvalue weighted by Crippen LogP contribution is 2.29. The van der Waals surface area contributed by atoms with E-state index in [2.05, 4.69) is 40.5 Å². The molecule has 2 aromatic rings. The first-order valence-corrected chi connectivity index (χ1v) is 10.2. The van der Waals surface area contributed by atoms with Gasteiger partial charge < -0.3 is 19.8 Å². The number of aromatic nitrogens is 1. The van der Waals surface area contributed by atoms with Gasteiger partial charge in [0.2, 0.25) is 5.89 Å². The number of nitrogens with zero attached hydrogens (tertiary/aromatic N) is 2. The second kappa shape index (κ2) is 12.9. The van der Waals surface area contributed by atoms with Gasteiger partial charge in [-0.15, -0.1) is 35.7 Å². The molecule has 1 aromatic heterocycles. The first kappa shape index (κ1) is 24.6. The van der Waals surface area contributed by atoms with Crippen LogP contribution in [0.3, 0.4) is 0 Å². The van der Waals surface area contributed by atoms with Crippen LogP contribution in [0.1, 0.15) is 31.2 Å². The highest BCUT2D eigenvalue weighted by molar-refractivity contribution is 14.0. The van der Waals surface area contributed by atoms with Crippen molar-refractivity contribution in [1.82, 2.24) is 15.6 Å². The van der Waals surface area contributed by atoms with Crippen LogP contribution in [0.2, 0.25) is 0 Å². The Morgan fingerprint density at radius 2 is 2.04 bits per heavy atom. The normalized spacial score (nSPS) is 12.2. The lowest BCUT2D eigenvalue weighted by molar-refractivity contribution is 0.405. The van der Waals surface area contributed by atoms with Crippen molar-refractivity contribution in [3.8, 4) is 5.75 Å². The van der Waals surface area contributed by atoms with Crippen molar-refractivity contribution in [2.24, 2.45) is 10.9 Å². The molecular weight excluding hydrogens is 487 g/mol. The zero-order valence-corrected chi connectivity index (χ0v) is 20.4. The molecule has 1 aromatic carbocycles. The standard InChI is InChI=1S/C20H30N4O2S.HI/c1-6-21-20(23-12-19-24-15(3)16(4)26-19)22-11-14(2)13-27-18-10-8-7-9-17(18)25-5;/h7-10,14H,6,11-13H2,1-5H3,(H2,21,22,23);1H. The van der Waals surface area contributed by atoms with Crippen LogP contribution in [-0.4, -0.2) is 36.9 Å². The molecule has 0 fully saturated rings. The van der Waals surface area contributed by atoms with Crippen molar-refractivity contribution >= 4 is 41.7 Å². The van der Waals surface area contributed by atoms with Gasteiger partial charge in [-0.3, -0.25) is 0 Å². The van der Waals surface area contributed by atoms with Gasteiger partial charge in [-0.05, 0) is 38.8 Å². The fraction of sp³-hybridized carbons (Fsp3) is 0.500. The Kier molecular flexibility index (Phi) is 11.4. The molecule has 0 aliphatic carbocycles. The summed E-state index contributed by atoms with van der Waals surface area (Å²) < 4.78 is 11.0. The van der Waals surface area contributed by atoms with E-state index in [0.29, 0.717) is 18.4 Å². The number of para-hydroxylation sites is 1. The van der Waals surface area contributed by atoms with E-state index in [1.165, 1.54) is 4.90 Å². The molecule has 1 unspecified atom stereocenters. The average Bonchev–Trinajstić information content (AvgIpc) is 3.00. The Balaban J connectivity index is 0.00000392. The molecule has 0 spiro atoms. The Morgan fingerprint density at radius 1 is 1.29 bits per heavy atom. The van der Waals surface area contributed by atoms with E-state index in [4.69, 9.17) is 9.15 Å². The quantitative estimate of drug-likeness (QED) is 0.222. The highest BCUT2D eigenvalue weighted by atomic mass is 127. The number of guanidine groups is 1. The number of ether oxygens (including phenoxy) is 1. The maximum Gasteiger partial charge on any atom is 0.216 e. The van der Waals surface area contributed by atoms with Crippen LogP contribution in [0, 0.1) is 19.8 Å². The van der Waals surface area contributed by atoms with E-state index in [1.807, 2.05) is 43.8 Å². The molecule has 0 radical (unpaired) electrons. The summed E-state index contributed by atoms with van der Waals surface area (Å²) in [7, 11) is 1.71. The fourth-order valence-electron chi connectivity index (χ4n) is 2.40. The summed E-state index contributed by atoms with van der Waals surface area (Å²) in [6.45, 7) is 10.2. The number of hydrogen-bond donors (Lipinski definition) is 2. The predicted molar refractivity (Wildman–Crippen MR) is 127 cm³/mol. The van der Waals surface area contributed by atoms with Gasteiger partial charge in [0.05, 0.1) is 12.8 Å². The number of aryl methyl sites for hydroxylation is 2. The summed E-state index contributed by atoms with van der Waals surface area (Å²) in [6.07, 6.45) is 0. The van der Waals surface area contributed by atoms with Crippen LogP contribution in [0.4, 0.5) is 0 Å². The Labute approximate surface area is 189 Å². The van der Waals surface area contributed by atoms with Gasteiger partial charge in [0, 0.05) is 23.7 Å². The Morgan fingerprint density at radius 3 is 2.68 bits per heavy atom. The number of hydrogen-bond acceptors (Lipinski definition) is 5. The van der Waals surface area contributed by atoms with Crippen LogP contribution in [0.5, 0.6) is 5.75 Å². The fourth-order valence-corrected chi connectivity index (χ4v) is 3.45. The first-order chi connectivity index (χ1) is 13.0. The molecule has 1 heterocycles. The summed E-state index contributed by atoms with van der Waals surface area (Å²) in [5.74, 6) is 4.65. The van der Waals surface area contributed by atoms with Gasteiger partial charge in [0.1, 0.15) is 18.1 Å². The number of nitrogens with one attached hydrogen (secondary N) is 2. The molecule has 2 N–H and O–H groups in total. The zero-order chi connectivity index (χ0) is 19.6. The second-order valence-corrected chi connectivity index (χ2v) is 7.45. The monoisotopic (exact) mass is 518 g/mol. The van der Waals surface area contributed by atoms with Crippen LogP contribution < -0.4 is 15.4 Å². The lowest BCUT2D eigenvalue weighted by Gasteiger charge is -2.16. The molecule has 0 amide bonds. The summed E-state index contributed by atoms with van der Waals surface area (Å²) in [5, 5.41) is 6.67. The molecule has 28 heavy (non-hydrogen) atoms. The van der Waals surface area contributed by atoms with E-state index in [1.54, 1.807) is 7.11 Å². The number of methoxy groups -OCH3 is 1. The topological polar surface area (TPSA) is 71.7 Å². The number of rotatable bonds is 9. The van der Waals surface area contributed by atoms with Gasteiger partial charge in [-0.1, -0.05) is 19.1 Å². The van der Waals surface area contributed by atoms with E-state index in [0.717, 1.165) is 42.0 Å².